The summed E-state index contributed by atoms with van der Waals surface area (Å²) in [7, 11) is -1.50. The molecule has 1 N–H and O–H groups in total. The zero-order chi connectivity index (χ0) is 15.5. The topological polar surface area (TPSA) is 66.5 Å². The van der Waals surface area contributed by atoms with E-state index in [1.54, 1.807) is 12.1 Å². The summed E-state index contributed by atoms with van der Waals surface area (Å²) in [6.07, 6.45) is 2.14. The molecule has 1 aliphatic heterocycles. The third kappa shape index (κ3) is 4.36. The molecule has 0 radical (unpaired) electrons. The van der Waals surface area contributed by atoms with E-state index in [1.165, 1.54) is 19.1 Å². The standard InChI is InChI=1S/C15H22N2O3S/c1-12(18)14-6-3-7-15(9-14)21(19,20)16-10-13-5-4-8-17(2)11-13/h3,6-7,9,13,16H,4-5,8,10-11H2,1-2H3. The van der Waals surface area contributed by atoms with Gasteiger partial charge in [0.2, 0.25) is 10.0 Å². The van der Waals surface area contributed by atoms with Gasteiger partial charge in [0.05, 0.1) is 4.90 Å². The van der Waals surface area contributed by atoms with Crippen LogP contribution in [0.1, 0.15) is 30.1 Å². The number of ketones is 1. The highest BCUT2D eigenvalue weighted by Gasteiger charge is 2.21. The predicted molar refractivity (Wildman–Crippen MR) is 81.9 cm³/mol. The maximum atomic E-state index is 12.3. The summed E-state index contributed by atoms with van der Waals surface area (Å²) < 4.78 is 27.3. The maximum absolute atomic E-state index is 12.3. The monoisotopic (exact) mass is 310 g/mol. The smallest absolute Gasteiger partial charge is 0.240 e. The number of benzene rings is 1. The van der Waals surface area contributed by atoms with E-state index in [0.29, 0.717) is 18.0 Å². The Kier molecular flexibility index (Phi) is 5.13. The zero-order valence-corrected chi connectivity index (χ0v) is 13.3. The van der Waals surface area contributed by atoms with Gasteiger partial charge in [0.1, 0.15) is 0 Å². The number of Topliss-reactive ketones (excluding diaryl/α,β-unsaturated/α-hetero) is 1. The quantitative estimate of drug-likeness (QED) is 0.837. The number of carbonyl (C=O) groups excluding carboxylic acids is 1. The third-order valence-electron chi connectivity index (χ3n) is 3.83. The highest BCUT2D eigenvalue weighted by molar-refractivity contribution is 7.89. The Bertz CT molecular complexity index is 613. The minimum atomic E-state index is -3.55. The van der Waals surface area contributed by atoms with Crippen LogP contribution in [0.4, 0.5) is 0 Å². The summed E-state index contributed by atoms with van der Waals surface area (Å²) in [6.45, 7) is 3.86. The first-order valence-corrected chi connectivity index (χ1v) is 8.66. The first-order chi connectivity index (χ1) is 9.88. The van der Waals surface area contributed by atoms with Gasteiger partial charge < -0.3 is 4.90 Å². The molecular weight excluding hydrogens is 288 g/mol. The first kappa shape index (κ1) is 16.1. The lowest BCUT2D eigenvalue weighted by Crippen LogP contribution is -2.39. The molecular formula is C15H22N2O3S. The number of sulfonamides is 1. The van der Waals surface area contributed by atoms with Gasteiger partial charge >= 0.3 is 0 Å². The fraction of sp³-hybridized carbons (Fsp3) is 0.533. The fourth-order valence-electron chi connectivity index (χ4n) is 2.63. The SMILES string of the molecule is CC(=O)c1cccc(S(=O)(=O)NCC2CCCN(C)C2)c1. The van der Waals surface area contributed by atoms with Crippen LogP contribution in [0.15, 0.2) is 29.2 Å². The second-order valence-corrected chi connectivity index (χ2v) is 7.47. The fourth-order valence-corrected chi connectivity index (χ4v) is 3.79. The molecule has 6 heteroatoms. The Labute approximate surface area is 126 Å². The van der Waals surface area contributed by atoms with Crippen LogP contribution >= 0.6 is 0 Å². The molecule has 5 nitrogen and oxygen atoms in total. The summed E-state index contributed by atoms with van der Waals surface area (Å²) in [5.41, 5.74) is 0.412. The van der Waals surface area contributed by atoms with Gasteiger partial charge in [-0.3, -0.25) is 4.79 Å². The van der Waals surface area contributed by atoms with E-state index in [-0.39, 0.29) is 10.7 Å². The Morgan fingerprint density at radius 3 is 2.86 bits per heavy atom. The molecule has 0 amide bonds. The summed E-state index contributed by atoms with van der Waals surface area (Å²) in [5.74, 6) is 0.204. The largest absolute Gasteiger partial charge is 0.306 e. The van der Waals surface area contributed by atoms with Crippen LogP contribution in [-0.2, 0) is 10.0 Å². The summed E-state index contributed by atoms with van der Waals surface area (Å²) in [5, 5.41) is 0. The number of likely N-dealkylation sites (tertiary alicyclic amines) is 1. The molecule has 1 aromatic carbocycles. The first-order valence-electron chi connectivity index (χ1n) is 7.18. The molecule has 0 aromatic heterocycles. The van der Waals surface area contributed by atoms with Crippen LogP contribution in [-0.4, -0.2) is 45.8 Å². The number of piperidine rings is 1. The van der Waals surface area contributed by atoms with E-state index >= 15 is 0 Å². The van der Waals surface area contributed by atoms with Crippen molar-refractivity contribution in [2.75, 3.05) is 26.7 Å². The number of hydrogen-bond donors (Lipinski definition) is 1. The lowest BCUT2D eigenvalue weighted by Gasteiger charge is -2.29. The zero-order valence-electron chi connectivity index (χ0n) is 12.5. The molecule has 1 unspecified atom stereocenters. The molecule has 1 atom stereocenters. The Hall–Kier alpha value is -1.24. The van der Waals surface area contributed by atoms with E-state index in [0.717, 1.165) is 25.9 Å². The van der Waals surface area contributed by atoms with Gasteiger partial charge in [-0.15, -0.1) is 0 Å². The highest BCUT2D eigenvalue weighted by atomic mass is 32.2. The number of nitrogens with one attached hydrogen (secondary N) is 1. The highest BCUT2D eigenvalue weighted by Crippen LogP contribution is 2.16. The summed E-state index contributed by atoms with van der Waals surface area (Å²) >= 11 is 0. The lowest BCUT2D eigenvalue weighted by molar-refractivity contribution is 0.101. The van der Waals surface area contributed by atoms with Crippen molar-refractivity contribution in [3.63, 3.8) is 0 Å². The number of carbonyl (C=O) groups is 1. The predicted octanol–water partition coefficient (Wildman–Crippen LogP) is 1.51. The van der Waals surface area contributed by atoms with E-state index in [2.05, 4.69) is 16.7 Å². The summed E-state index contributed by atoms with van der Waals surface area (Å²) in [6, 6.07) is 6.16. The van der Waals surface area contributed by atoms with Crippen LogP contribution in [0.5, 0.6) is 0 Å². The molecule has 116 valence electrons. The van der Waals surface area contributed by atoms with Crippen molar-refractivity contribution in [2.45, 2.75) is 24.7 Å². The van der Waals surface area contributed by atoms with Crippen LogP contribution in [0, 0.1) is 5.92 Å². The minimum Gasteiger partial charge on any atom is -0.306 e. The molecule has 1 fully saturated rings. The molecule has 0 saturated carbocycles. The molecule has 21 heavy (non-hydrogen) atoms. The molecule has 1 aliphatic rings. The molecule has 2 rings (SSSR count). The van der Waals surface area contributed by atoms with Crippen molar-refractivity contribution in [2.24, 2.45) is 5.92 Å². The Balaban J connectivity index is 2.04. The molecule has 0 bridgehead atoms. The average Bonchev–Trinajstić information content (AvgIpc) is 2.45. The van der Waals surface area contributed by atoms with E-state index in [1.807, 2.05) is 0 Å². The second kappa shape index (κ2) is 6.68. The van der Waals surface area contributed by atoms with Crippen LogP contribution in [0.3, 0.4) is 0 Å². The van der Waals surface area contributed by atoms with Gasteiger partial charge in [-0.2, -0.15) is 0 Å². The van der Waals surface area contributed by atoms with E-state index < -0.39 is 10.0 Å². The van der Waals surface area contributed by atoms with Crippen LogP contribution in [0.25, 0.3) is 0 Å². The summed E-state index contributed by atoms with van der Waals surface area (Å²) in [4.78, 5) is 13.7. The lowest BCUT2D eigenvalue weighted by atomic mass is 9.99. The maximum Gasteiger partial charge on any atom is 0.240 e. The number of nitrogens with zero attached hydrogens (tertiary/aromatic N) is 1. The molecule has 0 aliphatic carbocycles. The van der Waals surface area contributed by atoms with Gasteiger partial charge in [-0.05, 0) is 51.4 Å². The number of hydrogen-bond acceptors (Lipinski definition) is 4. The van der Waals surface area contributed by atoms with E-state index in [4.69, 9.17) is 0 Å². The third-order valence-corrected chi connectivity index (χ3v) is 5.26. The van der Waals surface area contributed by atoms with Gasteiger partial charge in [0.15, 0.2) is 5.78 Å². The van der Waals surface area contributed by atoms with Crippen molar-refractivity contribution < 1.29 is 13.2 Å². The van der Waals surface area contributed by atoms with Crippen molar-refractivity contribution in [3.8, 4) is 0 Å². The van der Waals surface area contributed by atoms with Crippen molar-refractivity contribution in [1.82, 2.24) is 9.62 Å². The van der Waals surface area contributed by atoms with Crippen molar-refractivity contribution in [1.29, 1.82) is 0 Å². The van der Waals surface area contributed by atoms with Gasteiger partial charge in [-0.25, -0.2) is 13.1 Å². The molecule has 1 saturated heterocycles. The van der Waals surface area contributed by atoms with Gasteiger partial charge in [0.25, 0.3) is 0 Å². The normalized spacial score (nSPS) is 20.4. The van der Waals surface area contributed by atoms with Gasteiger partial charge in [-0.1, -0.05) is 12.1 Å². The molecule has 1 aromatic rings. The minimum absolute atomic E-state index is 0.138. The van der Waals surface area contributed by atoms with Crippen molar-refractivity contribution >= 4 is 15.8 Å². The Morgan fingerprint density at radius 1 is 1.43 bits per heavy atom. The van der Waals surface area contributed by atoms with Crippen LogP contribution in [0.2, 0.25) is 0 Å². The molecule has 0 spiro atoms. The Morgan fingerprint density at radius 2 is 2.19 bits per heavy atom. The number of rotatable bonds is 5. The van der Waals surface area contributed by atoms with E-state index in [9.17, 15) is 13.2 Å². The molecule has 1 heterocycles. The van der Waals surface area contributed by atoms with Gasteiger partial charge in [0, 0.05) is 18.7 Å². The van der Waals surface area contributed by atoms with Crippen molar-refractivity contribution in [3.05, 3.63) is 29.8 Å². The van der Waals surface area contributed by atoms with Crippen LogP contribution < -0.4 is 4.72 Å². The average molecular weight is 310 g/mol. The second-order valence-electron chi connectivity index (χ2n) is 5.71.